The molecule has 10 nitrogen and oxygen atoms in total. The van der Waals surface area contributed by atoms with Gasteiger partial charge in [0.15, 0.2) is 0 Å². The van der Waals surface area contributed by atoms with Crippen molar-refractivity contribution in [3.8, 4) is 0 Å². The molecule has 0 fully saturated rings. The molecule has 2 aromatic carbocycles. The normalized spacial score (nSPS) is 11.2. The summed E-state index contributed by atoms with van der Waals surface area (Å²) in [5, 5.41) is 12.8. The highest BCUT2D eigenvalue weighted by Crippen LogP contribution is 2.13. The number of carbonyl (C=O) groups excluding carboxylic acids is 1. The van der Waals surface area contributed by atoms with Gasteiger partial charge in [0.1, 0.15) is 12.7 Å². The molecule has 0 aliphatic rings. The number of nitrogens with zero attached hydrogens (tertiary/aromatic N) is 6. The van der Waals surface area contributed by atoms with Gasteiger partial charge in [-0.05, 0) is 56.7 Å². The number of benzene rings is 2. The predicted octanol–water partition coefficient (Wildman–Crippen LogP) is 3.96. The van der Waals surface area contributed by atoms with E-state index < -0.39 is 6.03 Å². The van der Waals surface area contributed by atoms with Crippen LogP contribution in [0.4, 0.5) is 22.1 Å². The third-order valence-corrected chi connectivity index (χ3v) is 4.75. The molecule has 0 spiro atoms. The Morgan fingerprint density at radius 1 is 0.912 bits per heavy atom. The van der Waals surface area contributed by atoms with Gasteiger partial charge in [-0.3, -0.25) is 5.32 Å². The van der Waals surface area contributed by atoms with E-state index in [4.69, 9.17) is 0 Å². The molecular formula is C24H25N9O. The van der Waals surface area contributed by atoms with Crippen LogP contribution < -0.4 is 16.0 Å². The SMILES string of the molecule is Cc1ccc(NC(=O)N/C(=N\c2nc(C)cc(C)n2)Nc2ccc(Cn3cncn3)cc2)cc1. The number of rotatable bonds is 5. The summed E-state index contributed by atoms with van der Waals surface area (Å²) >= 11 is 0. The zero-order valence-corrected chi connectivity index (χ0v) is 19.1. The van der Waals surface area contributed by atoms with Gasteiger partial charge in [-0.15, -0.1) is 0 Å². The van der Waals surface area contributed by atoms with Gasteiger partial charge in [0.2, 0.25) is 5.96 Å². The van der Waals surface area contributed by atoms with Crippen LogP contribution in [0.25, 0.3) is 0 Å². The van der Waals surface area contributed by atoms with Gasteiger partial charge in [0.05, 0.1) is 6.54 Å². The van der Waals surface area contributed by atoms with Gasteiger partial charge in [0.25, 0.3) is 5.95 Å². The van der Waals surface area contributed by atoms with Crippen LogP contribution in [-0.4, -0.2) is 36.7 Å². The lowest BCUT2D eigenvalue weighted by Crippen LogP contribution is -2.38. The monoisotopic (exact) mass is 455 g/mol. The summed E-state index contributed by atoms with van der Waals surface area (Å²) in [6.07, 6.45) is 3.17. The Morgan fingerprint density at radius 2 is 1.56 bits per heavy atom. The summed E-state index contributed by atoms with van der Waals surface area (Å²) < 4.78 is 1.74. The van der Waals surface area contributed by atoms with Crippen molar-refractivity contribution in [2.45, 2.75) is 27.3 Å². The van der Waals surface area contributed by atoms with E-state index in [9.17, 15) is 4.79 Å². The highest BCUT2D eigenvalue weighted by Gasteiger charge is 2.10. The van der Waals surface area contributed by atoms with Crippen LogP contribution in [0.5, 0.6) is 0 Å². The number of aliphatic imine (C=N–C) groups is 1. The standard InChI is InChI=1S/C24H25N9O/c1-16-4-8-21(9-5-16)30-24(34)32-23(31-22-27-17(2)12-18(3)28-22)29-20-10-6-19(7-11-20)13-33-15-25-14-26-33/h4-12,14-15H,13H2,1-3H3,(H3,27,28,29,30,31,32,34). The van der Waals surface area contributed by atoms with E-state index in [1.165, 1.54) is 6.33 Å². The first-order valence-electron chi connectivity index (χ1n) is 10.7. The van der Waals surface area contributed by atoms with Crippen molar-refractivity contribution >= 4 is 29.3 Å². The smallest absolute Gasteiger partial charge is 0.326 e. The largest absolute Gasteiger partial charge is 0.326 e. The third-order valence-electron chi connectivity index (χ3n) is 4.75. The van der Waals surface area contributed by atoms with E-state index in [2.05, 4.69) is 41.0 Å². The number of nitrogens with one attached hydrogen (secondary N) is 3. The Bertz CT molecular complexity index is 1260. The molecule has 34 heavy (non-hydrogen) atoms. The van der Waals surface area contributed by atoms with Crippen molar-refractivity contribution in [1.82, 2.24) is 30.0 Å². The molecule has 10 heteroatoms. The zero-order valence-electron chi connectivity index (χ0n) is 19.1. The fourth-order valence-corrected chi connectivity index (χ4v) is 3.18. The highest BCUT2D eigenvalue weighted by atomic mass is 16.2. The molecule has 0 saturated carbocycles. The zero-order chi connectivity index (χ0) is 23.9. The van der Waals surface area contributed by atoms with E-state index >= 15 is 0 Å². The van der Waals surface area contributed by atoms with E-state index in [-0.39, 0.29) is 11.9 Å². The maximum absolute atomic E-state index is 12.7. The first-order chi connectivity index (χ1) is 16.4. The van der Waals surface area contributed by atoms with E-state index in [1.807, 2.05) is 75.4 Å². The minimum atomic E-state index is -0.442. The number of aromatic nitrogens is 5. The van der Waals surface area contributed by atoms with Crippen LogP contribution in [0.2, 0.25) is 0 Å². The average molecular weight is 456 g/mol. The highest BCUT2D eigenvalue weighted by molar-refractivity contribution is 6.08. The Balaban J connectivity index is 1.52. The fraction of sp³-hybridized carbons (Fsp3) is 0.167. The fourth-order valence-electron chi connectivity index (χ4n) is 3.18. The van der Waals surface area contributed by atoms with Crippen molar-refractivity contribution in [3.63, 3.8) is 0 Å². The second-order valence-electron chi connectivity index (χ2n) is 7.77. The van der Waals surface area contributed by atoms with Crippen LogP contribution in [-0.2, 0) is 6.54 Å². The quantitative estimate of drug-likeness (QED) is 0.309. The number of anilines is 2. The molecule has 0 aliphatic heterocycles. The van der Waals surface area contributed by atoms with Gasteiger partial charge >= 0.3 is 6.03 Å². The molecule has 0 aliphatic carbocycles. The maximum atomic E-state index is 12.7. The van der Waals surface area contributed by atoms with Crippen LogP contribution in [0.3, 0.4) is 0 Å². The number of urea groups is 1. The van der Waals surface area contributed by atoms with Crippen LogP contribution in [0.15, 0.2) is 72.2 Å². The summed E-state index contributed by atoms with van der Waals surface area (Å²) in [4.78, 5) is 29.7. The molecule has 0 bridgehead atoms. The lowest BCUT2D eigenvalue weighted by Gasteiger charge is -2.13. The molecular weight excluding hydrogens is 430 g/mol. The van der Waals surface area contributed by atoms with Gasteiger partial charge in [0, 0.05) is 22.8 Å². The number of aryl methyl sites for hydroxylation is 3. The molecule has 4 rings (SSSR count). The van der Waals surface area contributed by atoms with Crippen molar-refractivity contribution < 1.29 is 4.79 Å². The minimum Gasteiger partial charge on any atom is -0.326 e. The van der Waals surface area contributed by atoms with E-state index in [1.54, 1.807) is 11.0 Å². The molecule has 0 unspecified atom stereocenters. The molecule has 4 aromatic rings. The Kier molecular flexibility index (Phi) is 6.87. The van der Waals surface area contributed by atoms with Crippen molar-refractivity contribution in [2.75, 3.05) is 10.6 Å². The van der Waals surface area contributed by atoms with Crippen molar-refractivity contribution in [1.29, 1.82) is 0 Å². The van der Waals surface area contributed by atoms with Crippen LogP contribution in [0, 0.1) is 20.8 Å². The number of amides is 2. The maximum Gasteiger partial charge on any atom is 0.326 e. The molecule has 3 N–H and O–H groups in total. The van der Waals surface area contributed by atoms with Crippen molar-refractivity contribution in [2.24, 2.45) is 4.99 Å². The van der Waals surface area contributed by atoms with Gasteiger partial charge in [-0.25, -0.2) is 24.4 Å². The summed E-state index contributed by atoms with van der Waals surface area (Å²) in [5.74, 6) is 0.442. The van der Waals surface area contributed by atoms with E-state index in [0.29, 0.717) is 12.2 Å². The first-order valence-corrected chi connectivity index (χ1v) is 10.7. The second-order valence-corrected chi connectivity index (χ2v) is 7.77. The number of guanidine groups is 1. The molecule has 0 radical (unpaired) electrons. The van der Waals surface area contributed by atoms with Gasteiger partial charge in [-0.1, -0.05) is 29.8 Å². The molecule has 0 atom stereocenters. The summed E-state index contributed by atoms with van der Waals surface area (Å²) in [6, 6.07) is 16.6. The second kappa shape index (κ2) is 10.3. The van der Waals surface area contributed by atoms with Gasteiger partial charge in [-0.2, -0.15) is 10.1 Å². The lowest BCUT2D eigenvalue weighted by molar-refractivity contribution is 0.256. The Labute approximate surface area is 197 Å². The third kappa shape index (κ3) is 6.45. The summed E-state index contributed by atoms with van der Waals surface area (Å²) in [7, 11) is 0. The Morgan fingerprint density at radius 3 is 2.21 bits per heavy atom. The topological polar surface area (TPSA) is 122 Å². The number of carbonyl (C=O) groups is 1. The average Bonchev–Trinajstić information content (AvgIpc) is 3.29. The lowest BCUT2D eigenvalue weighted by atomic mass is 10.2. The number of hydrogen-bond acceptors (Lipinski definition) is 6. The van der Waals surface area contributed by atoms with Crippen LogP contribution >= 0.6 is 0 Å². The molecule has 2 amide bonds. The molecule has 172 valence electrons. The Hall–Kier alpha value is -4.60. The van der Waals surface area contributed by atoms with Crippen LogP contribution in [0.1, 0.15) is 22.5 Å². The van der Waals surface area contributed by atoms with Gasteiger partial charge < -0.3 is 10.6 Å². The molecule has 2 heterocycles. The minimum absolute atomic E-state index is 0.193. The summed E-state index contributed by atoms with van der Waals surface area (Å²) in [6.45, 7) is 6.33. The predicted molar refractivity (Wildman–Crippen MR) is 131 cm³/mol. The summed E-state index contributed by atoms with van der Waals surface area (Å²) in [5.41, 5.74) is 5.13. The number of hydrogen-bond donors (Lipinski definition) is 3. The first kappa shape index (κ1) is 22.6. The molecule has 2 aromatic heterocycles. The van der Waals surface area contributed by atoms with Crippen molar-refractivity contribution in [3.05, 3.63) is 89.8 Å². The molecule has 0 saturated heterocycles. The van der Waals surface area contributed by atoms with E-state index in [0.717, 1.165) is 28.2 Å².